The number of ether oxygens (including phenoxy) is 2. The average Bonchev–Trinajstić information content (AvgIpc) is 3.14. The number of carboxylic acids is 1. The monoisotopic (exact) mass is 350 g/mol. The van der Waals surface area contributed by atoms with Crippen LogP contribution in [-0.4, -0.2) is 32.8 Å². The predicted molar refractivity (Wildman–Crippen MR) is 92.1 cm³/mol. The van der Waals surface area contributed by atoms with Gasteiger partial charge >= 0.3 is 5.97 Å². The lowest BCUT2D eigenvalue weighted by atomic mass is 10.1. The van der Waals surface area contributed by atoms with Crippen LogP contribution >= 0.6 is 0 Å². The number of fused-ring (bicyclic) bond motifs is 1. The fourth-order valence-corrected chi connectivity index (χ4v) is 2.59. The zero-order chi connectivity index (χ0) is 17.9. The minimum Gasteiger partial charge on any atom is -0.478 e. The van der Waals surface area contributed by atoms with E-state index in [9.17, 15) is 9.90 Å². The largest absolute Gasteiger partial charge is 0.478 e. The number of hydrogen-bond donors (Lipinski definition) is 2. The molecule has 26 heavy (non-hydrogen) atoms. The number of pyridine rings is 1. The summed E-state index contributed by atoms with van der Waals surface area (Å²) in [6.45, 7) is 0.681. The molecule has 8 nitrogen and oxygen atoms in total. The number of nitrogens with one attached hydrogen (secondary N) is 1. The van der Waals surface area contributed by atoms with E-state index >= 15 is 0 Å². The van der Waals surface area contributed by atoms with Gasteiger partial charge in [0.15, 0.2) is 11.5 Å². The summed E-state index contributed by atoms with van der Waals surface area (Å²) in [5.74, 6) is 0.665. The zero-order valence-corrected chi connectivity index (χ0v) is 13.5. The summed E-state index contributed by atoms with van der Waals surface area (Å²) in [7, 11) is 0. The van der Waals surface area contributed by atoms with Crippen molar-refractivity contribution in [2.45, 2.75) is 6.54 Å². The molecule has 0 amide bonds. The first kappa shape index (κ1) is 15.8. The van der Waals surface area contributed by atoms with Gasteiger partial charge in [-0.15, -0.1) is 0 Å². The van der Waals surface area contributed by atoms with Crippen molar-refractivity contribution < 1.29 is 19.4 Å². The van der Waals surface area contributed by atoms with Crippen LogP contribution in [0.25, 0.3) is 11.3 Å². The summed E-state index contributed by atoms with van der Waals surface area (Å²) in [5.41, 5.74) is 1.99. The van der Waals surface area contributed by atoms with Crippen LogP contribution in [0.5, 0.6) is 11.5 Å². The van der Waals surface area contributed by atoms with Gasteiger partial charge in [-0.05, 0) is 29.8 Å². The summed E-state index contributed by atoms with van der Waals surface area (Å²) in [4.78, 5) is 23.9. The second kappa shape index (κ2) is 6.67. The minimum atomic E-state index is -1.08. The van der Waals surface area contributed by atoms with Gasteiger partial charge in [0.05, 0.1) is 5.69 Å². The van der Waals surface area contributed by atoms with Gasteiger partial charge in [0.2, 0.25) is 12.7 Å². The Balaban J connectivity index is 1.58. The molecule has 0 fully saturated rings. The van der Waals surface area contributed by atoms with Crippen molar-refractivity contribution in [1.29, 1.82) is 0 Å². The van der Waals surface area contributed by atoms with Crippen molar-refractivity contribution in [2.75, 3.05) is 12.1 Å². The predicted octanol–water partition coefficient (Wildman–Crippen LogP) is 2.58. The van der Waals surface area contributed by atoms with E-state index in [-0.39, 0.29) is 12.4 Å². The van der Waals surface area contributed by atoms with Crippen LogP contribution < -0.4 is 14.8 Å². The number of rotatable bonds is 5. The van der Waals surface area contributed by atoms with Gasteiger partial charge in [-0.1, -0.05) is 6.07 Å². The second-order valence-corrected chi connectivity index (χ2v) is 5.54. The molecule has 0 unspecified atom stereocenters. The molecule has 0 radical (unpaired) electrons. The van der Waals surface area contributed by atoms with Crippen molar-refractivity contribution in [3.05, 3.63) is 60.0 Å². The van der Waals surface area contributed by atoms with Crippen LogP contribution in [0.4, 0.5) is 5.95 Å². The molecule has 1 aliphatic rings. The van der Waals surface area contributed by atoms with Gasteiger partial charge in [0, 0.05) is 30.7 Å². The maximum Gasteiger partial charge on any atom is 0.339 e. The summed E-state index contributed by atoms with van der Waals surface area (Å²) in [6, 6.07) is 9.05. The third kappa shape index (κ3) is 3.12. The fraction of sp³-hybridized carbons (Fsp3) is 0.111. The van der Waals surface area contributed by atoms with Gasteiger partial charge in [0.25, 0.3) is 0 Å². The summed E-state index contributed by atoms with van der Waals surface area (Å²) < 4.78 is 10.6. The minimum absolute atomic E-state index is 0.0322. The van der Waals surface area contributed by atoms with E-state index in [0.717, 1.165) is 11.3 Å². The molecule has 2 aromatic heterocycles. The van der Waals surface area contributed by atoms with E-state index < -0.39 is 5.97 Å². The molecule has 2 N–H and O–H groups in total. The van der Waals surface area contributed by atoms with Gasteiger partial charge in [-0.25, -0.2) is 14.8 Å². The Morgan fingerprint density at radius 1 is 1.15 bits per heavy atom. The van der Waals surface area contributed by atoms with Crippen LogP contribution in [0, 0.1) is 0 Å². The van der Waals surface area contributed by atoms with Crippen molar-refractivity contribution in [1.82, 2.24) is 15.0 Å². The number of aromatic carboxylic acids is 1. The van der Waals surface area contributed by atoms with Gasteiger partial charge in [-0.2, -0.15) is 0 Å². The lowest BCUT2D eigenvalue weighted by molar-refractivity contribution is 0.0697. The molecule has 1 aromatic carbocycles. The number of aromatic nitrogens is 3. The van der Waals surface area contributed by atoms with Crippen molar-refractivity contribution in [3.63, 3.8) is 0 Å². The third-order valence-electron chi connectivity index (χ3n) is 3.86. The molecule has 130 valence electrons. The van der Waals surface area contributed by atoms with Crippen LogP contribution in [0.3, 0.4) is 0 Å². The molecule has 1 aliphatic heterocycles. The SMILES string of the molecule is O=C(O)c1cnc(NCc2ccc3c(c2)OCO3)nc1-c1ccncc1. The summed E-state index contributed by atoms with van der Waals surface area (Å²) >= 11 is 0. The maximum absolute atomic E-state index is 11.5. The second-order valence-electron chi connectivity index (χ2n) is 5.54. The summed E-state index contributed by atoms with van der Waals surface area (Å²) in [6.07, 6.45) is 4.47. The highest BCUT2D eigenvalue weighted by Gasteiger charge is 2.16. The number of carboxylic acid groups (broad SMARTS) is 1. The van der Waals surface area contributed by atoms with Crippen LogP contribution in [0.15, 0.2) is 48.9 Å². The van der Waals surface area contributed by atoms with E-state index in [1.165, 1.54) is 6.20 Å². The molecule has 0 spiro atoms. The Morgan fingerprint density at radius 2 is 1.96 bits per heavy atom. The molecular formula is C18H14N4O4. The Labute approximate surface area is 148 Å². The molecule has 0 saturated heterocycles. The number of hydrogen-bond acceptors (Lipinski definition) is 7. The highest BCUT2D eigenvalue weighted by molar-refractivity contribution is 5.94. The van der Waals surface area contributed by atoms with Crippen molar-refractivity contribution >= 4 is 11.9 Å². The Hall–Kier alpha value is -3.68. The highest BCUT2D eigenvalue weighted by Crippen LogP contribution is 2.32. The quantitative estimate of drug-likeness (QED) is 0.723. The van der Waals surface area contributed by atoms with Gasteiger partial charge in [0.1, 0.15) is 5.56 Å². The van der Waals surface area contributed by atoms with Crippen molar-refractivity contribution in [3.8, 4) is 22.8 Å². The Bertz CT molecular complexity index is 963. The van der Waals surface area contributed by atoms with Crippen molar-refractivity contribution in [2.24, 2.45) is 0 Å². The molecule has 8 heteroatoms. The van der Waals surface area contributed by atoms with Crippen LogP contribution in [-0.2, 0) is 6.54 Å². The number of anilines is 1. The standard InChI is InChI=1S/C18H14N4O4/c23-17(24)13-9-21-18(22-16(13)12-3-5-19-6-4-12)20-8-11-1-2-14-15(7-11)26-10-25-14/h1-7,9H,8,10H2,(H,23,24)(H,20,21,22). The lowest BCUT2D eigenvalue weighted by Crippen LogP contribution is -2.08. The normalized spacial score (nSPS) is 12.0. The highest BCUT2D eigenvalue weighted by atomic mass is 16.7. The van der Waals surface area contributed by atoms with Crippen LogP contribution in [0.2, 0.25) is 0 Å². The number of nitrogens with zero attached hydrogens (tertiary/aromatic N) is 3. The Morgan fingerprint density at radius 3 is 2.77 bits per heavy atom. The van der Waals surface area contributed by atoms with E-state index in [1.807, 2.05) is 18.2 Å². The lowest BCUT2D eigenvalue weighted by Gasteiger charge is -2.09. The molecule has 0 atom stereocenters. The van der Waals surface area contributed by atoms with E-state index in [2.05, 4.69) is 20.3 Å². The van der Waals surface area contributed by atoms with E-state index in [4.69, 9.17) is 9.47 Å². The molecule has 0 aliphatic carbocycles. The fourth-order valence-electron chi connectivity index (χ4n) is 2.59. The first-order valence-corrected chi connectivity index (χ1v) is 7.84. The number of benzene rings is 1. The molecule has 0 saturated carbocycles. The van der Waals surface area contributed by atoms with E-state index in [0.29, 0.717) is 29.5 Å². The molecule has 0 bridgehead atoms. The smallest absolute Gasteiger partial charge is 0.339 e. The number of carbonyl (C=O) groups is 1. The summed E-state index contributed by atoms with van der Waals surface area (Å²) in [5, 5.41) is 12.5. The third-order valence-corrected chi connectivity index (χ3v) is 3.86. The molecule has 4 rings (SSSR count). The topological polar surface area (TPSA) is 106 Å². The maximum atomic E-state index is 11.5. The first-order chi connectivity index (χ1) is 12.7. The molecular weight excluding hydrogens is 336 g/mol. The average molecular weight is 350 g/mol. The van der Waals surface area contributed by atoms with Gasteiger partial charge in [-0.3, -0.25) is 4.98 Å². The molecule has 3 heterocycles. The Kier molecular flexibility index (Phi) is 4.06. The zero-order valence-electron chi connectivity index (χ0n) is 13.5. The molecule has 3 aromatic rings. The van der Waals surface area contributed by atoms with E-state index in [1.54, 1.807) is 24.5 Å². The van der Waals surface area contributed by atoms with Crippen LogP contribution in [0.1, 0.15) is 15.9 Å². The first-order valence-electron chi connectivity index (χ1n) is 7.84. The van der Waals surface area contributed by atoms with Gasteiger partial charge < -0.3 is 19.9 Å².